The number of aryl methyl sites for hydroxylation is 2. The number of nitrogens with one attached hydrogen (secondary N) is 4. The van der Waals surface area contributed by atoms with Gasteiger partial charge in [0.05, 0.1) is 25.2 Å². The lowest BCUT2D eigenvalue weighted by molar-refractivity contribution is -0.142. The normalized spacial score (nSPS) is 26.0. The van der Waals surface area contributed by atoms with E-state index in [0.717, 1.165) is 62.4 Å². The number of aromatic nitrogens is 1. The number of hydrogen-bond acceptors (Lipinski definition) is 11. The number of dihydropyridines is 1. The van der Waals surface area contributed by atoms with Crippen LogP contribution in [0.3, 0.4) is 0 Å². The van der Waals surface area contributed by atoms with Gasteiger partial charge < -0.3 is 51.2 Å². The lowest BCUT2D eigenvalue weighted by Gasteiger charge is -2.33. The number of allylic oxidation sites excluding steroid dienone is 2. The summed E-state index contributed by atoms with van der Waals surface area (Å²) >= 11 is 0. The largest absolute Gasteiger partial charge is 0.507 e. The molecule has 12 heteroatoms. The van der Waals surface area contributed by atoms with E-state index < -0.39 is 47.6 Å². The van der Waals surface area contributed by atoms with Gasteiger partial charge in [0.25, 0.3) is 0 Å². The number of Topliss-reactive ketones (excluding diaryl/α,β-unsaturated/α-hetero) is 2. The van der Waals surface area contributed by atoms with Gasteiger partial charge in [-0.3, -0.25) is 9.59 Å². The van der Waals surface area contributed by atoms with Crippen molar-refractivity contribution in [3.63, 3.8) is 0 Å². The van der Waals surface area contributed by atoms with E-state index in [1.807, 2.05) is 85.1 Å². The number of hydrogen-bond donors (Lipinski definition) is 9. The first-order valence-corrected chi connectivity index (χ1v) is 29.0. The third kappa shape index (κ3) is 12.9. The molecule has 3 heterocycles. The summed E-state index contributed by atoms with van der Waals surface area (Å²) in [6, 6.07) is 33.8. The topological polar surface area (TPSA) is 196 Å². The van der Waals surface area contributed by atoms with E-state index in [4.69, 9.17) is 4.74 Å². The first-order valence-electron chi connectivity index (χ1n) is 29.0. The molecule has 1 aromatic heterocycles. The molecule has 0 spiro atoms. The number of fused-ring (bicyclic) bond motifs is 9. The van der Waals surface area contributed by atoms with Crippen LogP contribution in [0.15, 0.2) is 133 Å². The van der Waals surface area contributed by atoms with Gasteiger partial charge in [0, 0.05) is 79.3 Å². The molecule has 10 atom stereocenters. The van der Waals surface area contributed by atoms with Gasteiger partial charge >= 0.3 is 0 Å². The van der Waals surface area contributed by atoms with Crippen molar-refractivity contribution in [2.75, 3.05) is 32.1 Å². The van der Waals surface area contributed by atoms with Crippen LogP contribution in [0.1, 0.15) is 115 Å². The summed E-state index contributed by atoms with van der Waals surface area (Å²) in [4.78, 5) is 33.1. The van der Waals surface area contributed by atoms with E-state index in [-0.39, 0.29) is 60.2 Å². The Morgan fingerprint density at radius 3 is 2.35 bits per heavy atom. The molecule has 1 fully saturated rings. The van der Waals surface area contributed by atoms with Gasteiger partial charge in [0.2, 0.25) is 0 Å². The minimum absolute atomic E-state index is 0.0187. The fraction of sp³-hybridized carbons (Fsp3) is 0.412. The number of carbonyl (C=O) groups excluding carboxylic acids is 2. The summed E-state index contributed by atoms with van der Waals surface area (Å²) in [5, 5.41) is 71.6. The number of aromatic amines is 1. The summed E-state index contributed by atoms with van der Waals surface area (Å²) in [7, 11) is 1.52. The lowest BCUT2D eigenvalue weighted by Crippen LogP contribution is -2.40. The molecule has 0 radical (unpaired) electrons. The van der Waals surface area contributed by atoms with Crippen molar-refractivity contribution in [1.29, 1.82) is 0 Å². The highest BCUT2D eigenvalue weighted by Crippen LogP contribution is 2.47. The number of rotatable bonds is 7. The first-order chi connectivity index (χ1) is 38.8. The van der Waals surface area contributed by atoms with Crippen molar-refractivity contribution in [1.82, 2.24) is 15.6 Å². The van der Waals surface area contributed by atoms with Crippen LogP contribution in [0.2, 0.25) is 0 Å². The van der Waals surface area contributed by atoms with Crippen LogP contribution < -0.4 is 20.7 Å². The van der Waals surface area contributed by atoms with E-state index >= 15 is 4.79 Å². The van der Waals surface area contributed by atoms with Crippen molar-refractivity contribution >= 4 is 28.0 Å². The molecule has 418 valence electrons. The van der Waals surface area contributed by atoms with Crippen LogP contribution in [0.25, 0.3) is 10.8 Å². The number of methoxy groups -OCH3 is 1. The van der Waals surface area contributed by atoms with Gasteiger partial charge in [-0.05, 0) is 150 Å². The Balaban J connectivity index is 1.08. The summed E-state index contributed by atoms with van der Waals surface area (Å²) in [6.45, 7) is 5.77. The number of phenols is 2. The van der Waals surface area contributed by atoms with Crippen molar-refractivity contribution in [3.8, 4) is 29.1 Å². The molecule has 4 aliphatic rings. The first kappa shape index (κ1) is 56.1. The highest BCUT2D eigenvalue weighted by atomic mass is 16.5. The lowest BCUT2D eigenvalue weighted by atomic mass is 9.73. The molecular weight excluding hydrogens is 1000 g/mol. The number of β-amino-alcohol motifs (C(OH)–C–C–N with tert-alkyl or cyclic N) is 1. The Morgan fingerprint density at radius 1 is 0.775 bits per heavy atom. The third-order valence-electron chi connectivity index (χ3n) is 17.5. The van der Waals surface area contributed by atoms with Gasteiger partial charge in [-0.1, -0.05) is 117 Å². The van der Waals surface area contributed by atoms with Gasteiger partial charge in [-0.2, -0.15) is 0 Å². The number of aromatic hydroxyl groups is 2. The number of carbonyl (C=O) groups is 2. The summed E-state index contributed by atoms with van der Waals surface area (Å²) in [6.07, 6.45) is 8.50. The van der Waals surface area contributed by atoms with Gasteiger partial charge in [-0.15, -0.1) is 0 Å². The standard InChI is InChI=1S/C68H78N4O8/c1-4-11-55-50-30-44(28-43-26-27-70-63(31-43)72-52-22-19-46-17-18-49(65(76)59(46)36-52)33-54(73)40-69-38-41(2)51-32-53(71-39-51)37-61(55)75)29-47-20-24-56(45-14-9-6-10-15-45)64-48(21-25-60(74)68(79)67(78)58(47)34-50)35-62(80-3)66(77)57(64)23-16-42-12-7-5-8-13-42/h5-10,12-15,17-19,22,26,31-32,35-36,39,41,44,47,50,54-56,58,61,68-73,75-77,79H,4,11,16,21,23,25,27-30,33-34,37-38,40H2,1-3H3/t41-,44-,47-,50-,54-,55+,56+,58-,61+,68-/m0/s1. The Hall–Kier alpha value is -7.14. The highest BCUT2D eigenvalue weighted by molar-refractivity contribution is 6.06. The molecule has 9 N–H and O–H groups in total. The maximum absolute atomic E-state index is 15.2. The van der Waals surface area contributed by atoms with Crippen molar-refractivity contribution in [2.24, 2.45) is 29.6 Å². The molecule has 6 aromatic rings. The zero-order valence-corrected chi connectivity index (χ0v) is 46.4. The van der Waals surface area contributed by atoms with Crippen LogP contribution in [0.5, 0.6) is 17.2 Å². The molecule has 1 saturated carbocycles. The second-order valence-corrected chi connectivity index (χ2v) is 23.1. The van der Waals surface area contributed by atoms with E-state index in [0.29, 0.717) is 87.5 Å². The minimum Gasteiger partial charge on any atom is -0.507 e. The van der Waals surface area contributed by atoms with E-state index in [9.17, 15) is 30.3 Å². The van der Waals surface area contributed by atoms with Crippen LogP contribution in [-0.2, 0) is 41.7 Å². The predicted octanol–water partition coefficient (Wildman–Crippen LogP) is 10.1. The molecule has 0 saturated heterocycles. The Kier molecular flexibility index (Phi) is 17.9. The highest BCUT2D eigenvalue weighted by Gasteiger charge is 2.44. The number of phenolic OH excluding ortho intramolecular Hbond substituents is 2. The van der Waals surface area contributed by atoms with Gasteiger partial charge in [0.1, 0.15) is 11.6 Å². The average Bonchev–Trinajstić information content (AvgIpc) is 3.92. The Labute approximate surface area is 470 Å². The fourth-order valence-electron chi connectivity index (χ4n) is 13.3. The summed E-state index contributed by atoms with van der Waals surface area (Å²) in [5.41, 5.74) is 8.81. The second-order valence-electron chi connectivity index (χ2n) is 23.1. The molecule has 0 unspecified atom stereocenters. The Bertz CT molecular complexity index is 3280. The minimum atomic E-state index is -1.86. The number of aliphatic hydroxyl groups is 3. The number of aliphatic hydroxyl groups excluding tert-OH is 3. The molecule has 12 nitrogen and oxygen atoms in total. The van der Waals surface area contributed by atoms with Crippen LogP contribution in [0.4, 0.5) is 5.69 Å². The second kappa shape index (κ2) is 25.5. The molecule has 10 rings (SSSR count). The molecule has 2 aliphatic carbocycles. The molecule has 0 amide bonds. The monoisotopic (exact) mass is 1080 g/mol. The quantitative estimate of drug-likeness (QED) is 0.0545. The van der Waals surface area contributed by atoms with Crippen LogP contribution in [-0.4, -0.2) is 87.1 Å². The van der Waals surface area contributed by atoms with Gasteiger partial charge in [0.15, 0.2) is 29.2 Å². The van der Waals surface area contributed by atoms with E-state index in [1.165, 1.54) is 7.11 Å². The SMILES string of the molecule is CCC[C@@H]1[C@H]2C[C@@H](CC3=CCNC(=C3)Nc3ccc4ccc(c(O)c4c3)C[C@H](O)CNC[C@H](C)c3c[nH]c(c3)C[C@H]1O)C[C@@H]1C#C[C@H](c3ccccc3)c3c(cc(OC)c(O)c3CCc3ccccc3)CCC(=O)[C@H](O)C(=O)[C@H]1C2. The van der Waals surface area contributed by atoms with Crippen molar-refractivity contribution < 1.29 is 39.9 Å². The molecule has 5 aromatic carbocycles. The zero-order valence-electron chi connectivity index (χ0n) is 46.4. The van der Waals surface area contributed by atoms with Gasteiger partial charge in [-0.25, -0.2) is 0 Å². The average molecular weight is 1080 g/mol. The van der Waals surface area contributed by atoms with E-state index in [1.54, 1.807) is 6.07 Å². The van der Waals surface area contributed by atoms with Crippen LogP contribution in [0, 0.1) is 41.4 Å². The van der Waals surface area contributed by atoms with Crippen molar-refractivity contribution in [3.05, 3.63) is 178 Å². The molecule has 2 aliphatic heterocycles. The van der Waals surface area contributed by atoms with Crippen LogP contribution >= 0.6 is 0 Å². The summed E-state index contributed by atoms with van der Waals surface area (Å²) < 4.78 is 5.80. The number of ketones is 2. The number of anilines is 1. The van der Waals surface area contributed by atoms with E-state index in [2.05, 4.69) is 77.0 Å². The molecule has 9 bridgehead atoms. The summed E-state index contributed by atoms with van der Waals surface area (Å²) in [5.74, 6) is 5.44. The fourth-order valence-corrected chi connectivity index (χ4v) is 13.3. The molecule has 80 heavy (non-hydrogen) atoms. The maximum atomic E-state index is 15.2. The number of benzene rings is 5. The number of H-pyrrole nitrogens is 1. The molecular formula is C68H78N4O8. The predicted molar refractivity (Wildman–Crippen MR) is 315 cm³/mol. The smallest absolute Gasteiger partial charge is 0.173 e. The third-order valence-corrected chi connectivity index (χ3v) is 17.5. The Morgan fingerprint density at radius 2 is 1.56 bits per heavy atom. The zero-order chi connectivity index (χ0) is 55.9. The number of ether oxygens (including phenoxy) is 1. The van der Waals surface area contributed by atoms with Crippen molar-refractivity contribution in [2.45, 2.75) is 121 Å². The maximum Gasteiger partial charge on any atom is 0.173 e.